The maximum Gasteiger partial charge on any atom is 0.0424 e. The first-order valence-corrected chi connectivity index (χ1v) is 5.82. The molecule has 0 radical (unpaired) electrons. The van der Waals surface area contributed by atoms with E-state index in [0.29, 0.717) is 5.54 Å². The molecule has 2 rings (SSSR count). The third-order valence-corrected chi connectivity index (χ3v) is 4.30. The quantitative estimate of drug-likeness (QED) is 0.630. The van der Waals surface area contributed by atoms with Crippen LogP contribution in [0.15, 0.2) is 12.3 Å². The third kappa shape index (κ3) is 1.46. The van der Waals surface area contributed by atoms with E-state index in [1.807, 2.05) is 0 Å². The average Bonchev–Trinajstić information content (AvgIpc) is 2.49. The second-order valence-corrected chi connectivity index (χ2v) is 4.78. The first kappa shape index (κ1) is 10.0. The molecule has 0 aromatic heterocycles. The third-order valence-electron chi connectivity index (χ3n) is 4.30. The highest BCUT2D eigenvalue weighted by Gasteiger charge is 2.41. The molecule has 80 valence electrons. The van der Waals surface area contributed by atoms with Gasteiger partial charge in [-0.2, -0.15) is 0 Å². The fraction of sp³-hybridized carbons (Fsp3) is 0.833. The Morgan fingerprint density at radius 2 is 1.93 bits per heavy atom. The van der Waals surface area contributed by atoms with Crippen LogP contribution in [0.2, 0.25) is 0 Å². The van der Waals surface area contributed by atoms with Gasteiger partial charge in [-0.15, -0.1) is 0 Å². The lowest BCUT2D eigenvalue weighted by Crippen LogP contribution is -2.50. The second kappa shape index (κ2) is 3.58. The van der Waals surface area contributed by atoms with Crippen LogP contribution in [-0.4, -0.2) is 42.0 Å². The summed E-state index contributed by atoms with van der Waals surface area (Å²) in [6.45, 7) is 10.1. The summed E-state index contributed by atoms with van der Waals surface area (Å²) in [6.07, 6.45) is 5.20. The lowest BCUT2D eigenvalue weighted by molar-refractivity contribution is 0.0852. The number of likely N-dealkylation sites (tertiary alicyclic amines) is 2. The van der Waals surface area contributed by atoms with Crippen LogP contribution in [0.3, 0.4) is 0 Å². The summed E-state index contributed by atoms with van der Waals surface area (Å²) >= 11 is 0. The Balaban J connectivity index is 2.02. The maximum absolute atomic E-state index is 4.14. The summed E-state index contributed by atoms with van der Waals surface area (Å²) in [5.41, 5.74) is 1.82. The van der Waals surface area contributed by atoms with E-state index in [9.17, 15) is 0 Å². The molecule has 0 atom stereocenters. The van der Waals surface area contributed by atoms with E-state index in [1.165, 1.54) is 51.0 Å². The minimum Gasteiger partial charge on any atom is -0.373 e. The zero-order chi connectivity index (χ0) is 10.2. The molecule has 2 nitrogen and oxygen atoms in total. The summed E-state index contributed by atoms with van der Waals surface area (Å²) in [7, 11) is 2.23. The molecule has 0 aliphatic carbocycles. The fourth-order valence-electron chi connectivity index (χ4n) is 2.92. The molecule has 2 fully saturated rings. The van der Waals surface area contributed by atoms with E-state index < -0.39 is 0 Å². The molecule has 0 bridgehead atoms. The van der Waals surface area contributed by atoms with Gasteiger partial charge in [-0.3, -0.25) is 0 Å². The monoisotopic (exact) mass is 194 g/mol. The minimum atomic E-state index is 0.475. The summed E-state index contributed by atoms with van der Waals surface area (Å²) in [4.78, 5) is 5.01. The molecule has 14 heavy (non-hydrogen) atoms. The standard InChI is InChI=1S/C12H22N2/c1-4-14-9-7-12(8-10-14)6-5-11(2)13(12)3/h2,4-10H2,1,3H3. The van der Waals surface area contributed by atoms with E-state index in [1.54, 1.807) is 0 Å². The Labute approximate surface area is 87.6 Å². The number of hydrogen-bond donors (Lipinski definition) is 0. The Morgan fingerprint density at radius 3 is 2.36 bits per heavy atom. The van der Waals surface area contributed by atoms with Crippen LogP contribution in [0, 0.1) is 0 Å². The van der Waals surface area contributed by atoms with Gasteiger partial charge in [0.25, 0.3) is 0 Å². The minimum absolute atomic E-state index is 0.475. The van der Waals surface area contributed by atoms with Crippen molar-refractivity contribution in [2.45, 2.75) is 38.1 Å². The average molecular weight is 194 g/mol. The van der Waals surface area contributed by atoms with Crippen molar-refractivity contribution < 1.29 is 0 Å². The number of nitrogens with zero attached hydrogens (tertiary/aromatic N) is 2. The van der Waals surface area contributed by atoms with Gasteiger partial charge in [-0.25, -0.2) is 0 Å². The Morgan fingerprint density at radius 1 is 1.29 bits per heavy atom. The number of piperidine rings is 1. The van der Waals surface area contributed by atoms with E-state index >= 15 is 0 Å². The highest BCUT2D eigenvalue weighted by molar-refractivity contribution is 5.12. The summed E-state index contributed by atoms with van der Waals surface area (Å²) < 4.78 is 0. The van der Waals surface area contributed by atoms with Gasteiger partial charge in [-0.05, 0) is 32.2 Å². The van der Waals surface area contributed by atoms with Crippen LogP contribution in [-0.2, 0) is 0 Å². The van der Waals surface area contributed by atoms with Crippen molar-refractivity contribution in [3.63, 3.8) is 0 Å². The van der Waals surface area contributed by atoms with Crippen molar-refractivity contribution in [2.24, 2.45) is 0 Å². The van der Waals surface area contributed by atoms with Crippen molar-refractivity contribution in [3.05, 3.63) is 12.3 Å². The van der Waals surface area contributed by atoms with E-state index in [-0.39, 0.29) is 0 Å². The molecule has 2 aliphatic rings. The zero-order valence-corrected chi connectivity index (χ0v) is 9.55. The molecule has 2 heterocycles. The molecule has 0 aromatic carbocycles. The molecule has 0 saturated carbocycles. The first-order valence-electron chi connectivity index (χ1n) is 5.82. The summed E-state index contributed by atoms with van der Waals surface area (Å²) in [5, 5.41) is 0. The van der Waals surface area contributed by atoms with Gasteiger partial charge >= 0.3 is 0 Å². The maximum atomic E-state index is 4.14. The Hall–Kier alpha value is -0.500. The van der Waals surface area contributed by atoms with Crippen molar-refractivity contribution in [2.75, 3.05) is 26.7 Å². The van der Waals surface area contributed by atoms with Gasteiger partial charge in [0.05, 0.1) is 0 Å². The Bertz CT molecular complexity index is 226. The molecular weight excluding hydrogens is 172 g/mol. The molecule has 0 N–H and O–H groups in total. The van der Waals surface area contributed by atoms with E-state index in [2.05, 4.69) is 30.4 Å². The predicted molar refractivity (Wildman–Crippen MR) is 60.2 cm³/mol. The molecule has 2 heteroatoms. The molecule has 2 aliphatic heterocycles. The van der Waals surface area contributed by atoms with E-state index in [4.69, 9.17) is 0 Å². The van der Waals surface area contributed by atoms with Crippen molar-refractivity contribution in [1.29, 1.82) is 0 Å². The van der Waals surface area contributed by atoms with Gasteiger partial charge < -0.3 is 9.80 Å². The van der Waals surface area contributed by atoms with Gasteiger partial charge in [0, 0.05) is 31.4 Å². The van der Waals surface area contributed by atoms with Gasteiger partial charge in [0.15, 0.2) is 0 Å². The van der Waals surface area contributed by atoms with Crippen LogP contribution in [0.1, 0.15) is 32.6 Å². The van der Waals surface area contributed by atoms with Crippen molar-refractivity contribution in [1.82, 2.24) is 9.80 Å². The first-order chi connectivity index (χ1) is 6.68. The van der Waals surface area contributed by atoms with Crippen LogP contribution < -0.4 is 0 Å². The smallest absolute Gasteiger partial charge is 0.0424 e. The van der Waals surface area contributed by atoms with Crippen molar-refractivity contribution in [3.8, 4) is 0 Å². The molecule has 0 unspecified atom stereocenters. The zero-order valence-electron chi connectivity index (χ0n) is 9.55. The van der Waals surface area contributed by atoms with Crippen LogP contribution in [0.4, 0.5) is 0 Å². The lowest BCUT2D eigenvalue weighted by atomic mass is 9.85. The molecular formula is C12H22N2. The summed E-state index contributed by atoms with van der Waals surface area (Å²) in [5.74, 6) is 0. The van der Waals surface area contributed by atoms with Crippen LogP contribution in [0.5, 0.6) is 0 Å². The van der Waals surface area contributed by atoms with Crippen LogP contribution in [0.25, 0.3) is 0 Å². The van der Waals surface area contributed by atoms with Crippen LogP contribution >= 0.6 is 0 Å². The number of rotatable bonds is 1. The van der Waals surface area contributed by atoms with Gasteiger partial charge in [0.2, 0.25) is 0 Å². The number of allylic oxidation sites excluding steroid dienone is 1. The topological polar surface area (TPSA) is 6.48 Å². The highest BCUT2D eigenvalue weighted by atomic mass is 15.2. The van der Waals surface area contributed by atoms with Crippen molar-refractivity contribution >= 4 is 0 Å². The fourth-order valence-corrected chi connectivity index (χ4v) is 2.92. The highest BCUT2D eigenvalue weighted by Crippen LogP contribution is 2.41. The molecule has 2 saturated heterocycles. The van der Waals surface area contributed by atoms with Gasteiger partial charge in [-0.1, -0.05) is 13.5 Å². The molecule has 1 spiro atoms. The summed E-state index contributed by atoms with van der Waals surface area (Å²) in [6, 6.07) is 0. The molecule has 0 aromatic rings. The van der Waals surface area contributed by atoms with Gasteiger partial charge in [0.1, 0.15) is 0 Å². The molecule has 0 amide bonds. The Kier molecular flexibility index (Phi) is 2.56. The second-order valence-electron chi connectivity index (χ2n) is 4.78. The predicted octanol–water partition coefficient (Wildman–Crippen LogP) is 2.08. The largest absolute Gasteiger partial charge is 0.373 e. The van der Waals surface area contributed by atoms with E-state index in [0.717, 1.165) is 0 Å². The number of hydrogen-bond acceptors (Lipinski definition) is 2. The normalized spacial score (nSPS) is 27.6. The SMILES string of the molecule is C=C1CCC2(CCN(CC)CC2)N1C. The lowest BCUT2D eigenvalue weighted by Gasteiger charge is -2.44.